The van der Waals surface area contributed by atoms with E-state index in [9.17, 15) is 8.42 Å². The lowest BCUT2D eigenvalue weighted by Gasteiger charge is -2.16. The van der Waals surface area contributed by atoms with Crippen molar-refractivity contribution >= 4 is 21.7 Å². The summed E-state index contributed by atoms with van der Waals surface area (Å²) < 4.78 is 24.5. The van der Waals surface area contributed by atoms with Crippen LogP contribution >= 0.6 is 0 Å². The quantitative estimate of drug-likeness (QED) is 0.797. The van der Waals surface area contributed by atoms with Crippen molar-refractivity contribution in [1.82, 2.24) is 19.7 Å². The summed E-state index contributed by atoms with van der Waals surface area (Å²) in [6.45, 7) is 6.33. The molecule has 0 saturated heterocycles. The highest BCUT2D eigenvalue weighted by Gasteiger charge is 2.16. The molecule has 0 bridgehead atoms. The van der Waals surface area contributed by atoms with Gasteiger partial charge in [-0.15, -0.1) is 0 Å². The highest BCUT2D eigenvalue weighted by Crippen LogP contribution is 2.25. The van der Waals surface area contributed by atoms with Gasteiger partial charge in [-0.3, -0.25) is 4.68 Å². The van der Waals surface area contributed by atoms with Gasteiger partial charge < -0.3 is 5.32 Å². The second-order valence-electron chi connectivity index (χ2n) is 5.19. The SMILES string of the molecule is CCc1c(Nc2ncc(S(N)(=O)=O)cn2)cnn1C(CC)CC. The monoisotopic (exact) mass is 338 g/mol. The van der Waals surface area contributed by atoms with Crippen LogP contribution in [0.1, 0.15) is 45.3 Å². The van der Waals surface area contributed by atoms with Crippen molar-refractivity contribution in [2.45, 2.75) is 51.0 Å². The summed E-state index contributed by atoms with van der Waals surface area (Å²) >= 11 is 0. The zero-order chi connectivity index (χ0) is 17.0. The van der Waals surface area contributed by atoms with Crippen LogP contribution in [0.4, 0.5) is 11.6 Å². The third-order valence-corrected chi connectivity index (χ3v) is 4.59. The van der Waals surface area contributed by atoms with Crippen LogP contribution in [0.5, 0.6) is 0 Å². The lowest BCUT2D eigenvalue weighted by molar-refractivity contribution is 0.416. The van der Waals surface area contributed by atoms with Crippen molar-refractivity contribution in [2.24, 2.45) is 5.14 Å². The average molecular weight is 338 g/mol. The number of anilines is 2. The molecule has 0 aromatic carbocycles. The molecule has 2 aromatic heterocycles. The molecule has 23 heavy (non-hydrogen) atoms. The third-order valence-electron chi connectivity index (χ3n) is 3.73. The first-order valence-corrected chi connectivity index (χ1v) is 9.13. The number of hydrogen-bond donors (Lipinski definition) is 2. The second-order valence-corrected chi connectivity index (χ2v) is 6.75. The van der Waals surface area contributed by atoms with Gasteiger partial charge in [-0.25, -0.2) is 23.5 Å². The number of primary sulfonamides is 1. The Bertz CT molecular complexity index is 750. The Balaban J connectivity index is 2.27. The summed E-state index contributed by atoms with van der Waals surface area (Å²) in [6, 6.07) is 0.353. The summed E-state index contributed by atoms with van der Waals surface area (Å²) in [5.74, 6) is 0.302. The lowest BCUT2D eigenvalue weighted by atomic mass is 10.1. The number of aromatic nitrogens is 4. The molecule has 9 heteroatoms. The van der Waals surface area contributed by atoms with Gasteiger partial charge in [0.1, 0.15) is 4.90 Å². The van der Waals surface area contributed by atoms with Gasteiger partial charge >= 0.3 is 0 Å². The summed E-state index contributed by atoms with van der Waals surface area (Å²) in [5.41, 5.74) is 1.89. The van der Waals surface area contributed by atoms with Crippen LogP contribution in [-0.4, -0.2) is 28.2 Å². The second kappa shape index (κ2) is 7.05. The van der Waals surface area contributed by atoms with Crippen LogP contribution in [0, 0.1) is 0 Å². The van der Waals surface area contributed by atoms with Crippen LogP contribution in [-0.2, 0) is 16.4 Å². The molecular formula is C14H22N6O2S. The fraction of sp³-hybridized carbons (Fsp3) is 0.500. The smallest absolute Gasteiger partial charge is 0.241 e. The topological polar surface area (TPSA) is 116 Å². The molecule has 126 valence electrons. The van der Waals surface area contributed by atoms with Crippen LogP contribution in [0.25, 0.3) is 0 Å². The number of rotatable bonds is 7. The van der Waals surface area contributed by atoms with E-state index in [2.05, 4.69) is 41.2 Å². The number of nitrogens with two attached hydrogens (primary N) is 1. The minimum atomic E-state index is -3.79. The van der Waals surface area contributed by atoms with Gasteiger partial charge in [0.25, 0.3) is 0 Å². The average Bonchev–Trinajstić information content (AvgIpc) is 2.91. The molecule has 0 fully saturated rings. The molecule has 0 spiro atoms. The Labute approximate surface area is 136 Å². The molecule has 0 saturated carbocycles. The van der Waals surface area contributed by atoms with E-state index in [4.69, 9.17) is 5.14 Å². The Morgan fingerprint density at radius 2 is 1.78 bits per heavy atom. The summed E-state index contributed by atoms with van der Waals surface area (Å²) in [7, 11) is -3.79. The van der Waals surface area contributed by atoms with Crippen molar-refractivity contribution in [3.8, 4) is 0 Å². The molecule has 0 atom stereocenters. The molecule has 3 N–H and O–H groups in total. The zero-order valence-corrected chi connectivity index (χ0v) is 14.3. The van der Waals surface area contributed by atoms with E-state index >= 15 is 0 Å². The standard InChI is InChI=1S/C14H22N6O2S/c1-4-10(5-2)20-13(6-3)12(9-18-20)19-14-16-7-11(8-17-14)23(15,21)22/h7-10H,4-6H2,1-3H3,(H2,15,21,22)(H,16,17,19). The van der Waals surface area contributed by atoms with Crippen molar-refractivity contribution in [1.29, 1.82) is 0 Å². The van der Waals surface area contributed by atoms with Crippen molar-refractivity contribution in [3.05, 3.63) is 24.3 Å². The van der Waals surface area contributed by atoms with Gasteiger partial charge in [0.2, 0.25) is 16.0 Å². The van der Waals surface area contributed by atoms with E-state index in [1.165, 1.54) is 12.4 Å². The van der Waals surface area contributed by atoms with Gasteiger partial charge in [-0.1, -0.05) is 20.8 Å². The Kier molecular flexibility index (Phi) is 5.32. The molecule has 2 aromatic rings. The van der Waals surface area contributed by atoms with Gasteiger partial charge in [-0.2, -0.15) is 5.10 Å². The first-order valence-electron chi connectivity index (χ1n) is 7.58. The third kappa shape index (κ3) is 3.85. The molecular weight excluding hydrogens is 316 g/mol. The van der Waals surface area contributed by atoms with Gasteiger partial charge in [0.05, 0.1) is 36.0 Å². The number of nitrogens with zero attached hydrogens (tertiary/aromatic N) is 4. The van der Waals surface area contributed by atoms with E-state index in [-0.39, 0.29) is 4.90 Å². The summed E-state index contributed by atoms with van der Waals surface area (Å²) in [6.07, 6.45) is 6.93. The van der Waals surface area contributed by atoms with E-state index in [0.717, 1.165) is 30.6 Å². The molecule has 0 aliphatic carbocycles. The Morgan fingerprint density at radius 1 is 1.17 bits per heavy atom. The molecule has 2 rings (SSSR count). The van der Waals surface area contributed by atoms with Gasteiger partial charge in [0.15, 0.2) is 0 Å². The van der Waals surface area contributed by atoms with Crippen molar-refractivity contribution in [2.75, 3.05) is 5.32 Å². The molecule has 0 unspecified atom stereocenters. The van der Waals surface area contributed by atoms with Gasteiger partial charge in [0, 0.05) is 0 Å². The minimum absolute atomic E-state index is 0.119. The highest BCUT2D eigenvalue weighted by molar-refractivity contribution is 7.89. The minimum Gasteiger partial charge on any atom is -0.321 e. The molecule has 0 aliphatic heterocycles. The zero-order valence-electron chi connectivity index (χ0n) is 13.5. The largest absolute Gasteiger partial charge is 0.321 e. The number of sulfonamides is 1. The Hall–Kier alpha value is -2.00. The van der Waals surface area contributed by atoms with E-state index in [0.29, 0.717) is 12.0 Å². The highest BCUT2D eigenvalue weighted by atomic mass is 32.2. The van der Waals surface area contributed by atoms with Crippen molar-refractivity contribution in [3.63, 3.8) is 0 Å². The Morgan fingerprint density at radius 3 is 2.26 bits per heavy atom. The predicted molar refractivity (Wildman–Crippen MR) is 87.9 cm³/mol. The van der Waals surface area contributed by atoms with Crippen LogP contribution in [0.2, 0.25) is 0 Å². The number of nitrogens with one attached hydrogen (secondary N) is 1. The first kappa shape index (κ1) is 17.4. The van der Waals surface area contributed by atoms with E-state index in [1.54, 1.807) is 6.20 Å². The fourth-order valence-corrected chi connectivity index (χ4v) is 2.84. The van der Waals surface area contributed by atoms with Crippen LogP contribution in [0.15, 0.2) is 23.5 Å². The van der Waals surface area contributed by atoms with Crippen LogP contribution < -0.4 is 10.5 Å². The molecule has 0 amide bonds. The normalized spacial score (nSPS) is 11.9. The molecule has 8 nitrogen and oxygen atoms in total. The maximum absolute atomic E-state index is 11.2. The first-order chi connectivity index (χ1) is 10.9. The van der Waals surface area contributed by atoms with E-state index in [1.807, 2.05) is 4.68 Å². The maximum atomic E-state index is 11.2. The fourth-order valence-electron chi connectivity index (χ4n) is 2.44. The number of hydrogen-bond acceptors (Lipinski definition) is 6. The van der Waals surface area contributed by atoms with E-state index < -0.39 is 10.0 Å². The summed E-state index contributed by atoms with van der Waals surface area (Å²) in [4.78, 5) is 7.86. The maximum Gasteiger partial charge on any atom is 0.241 e. The predicted octanol–water partition coefficient (Wildman–Crippen LogP) is 1.99. The van der Waals surface area contributed by atoms with Crippen molar-refractivity contribution < 1.29 is 8.42 Å². The van der Waals surface area contributed by atoms with Gasteiger partial charge in [-0.05, 0) is 19.3 Å². The van der Waals surface area contributed by atoms with Crippen LogP contribution in [0.3, 0.4) is 0 Å². The molecule has 0 aliphatic rings. The lowest BCUT2D eigenvalue weighted by Crippen LogP contribution is -2.13. The molecule has 0 radical (unpaired) electrons. The molecule has 2 heterocycles. The summed E-state index contributed by atoms with van der Waals surface area (Å²) in [5, 5.41) is 12.6.